The van der Waals surface area contributed by atoms with Crippen molar-refractivity contribution in [1.29, 1.82) is 0 Å². The Kier molecular flexibility index (Phi) is 4.77. The number of anilines is 2. The topological polar surface area (TPSA) is 49.4 Å². The van der Waals surface area contributed by atoms with Crippen molar-refractivity contribution in [3.05, 3.63) is 58.4 Å². The van der Waals surface area contributed by atoms with Gasteiger partial charge in [0.25, 0.3) is 0 Å². The van der Waals surface area contributed by atoms with E-state index in [0.29, 0.717) is 5.02 Å². The van der Waals surface area contributed by atoms with Crippen LogP contribution in [0.1, 0.15) is 17.5 Å². The summed E-state index contributed by atoms with van der Waals surface area (Å²) in [5.74, 6) is -1.60. The number of halogens is 2. The van der Waals surface area contributed by atoms with Gasteiger partial charge in [-0.25, -0.2) is 4.39 Å². The van der Waals surface area contributed by atoms with Gasteiger partial charge in [0.05, 0.1) is 11.6 Å². The van der Waals surface area contributed by atoms with Crippen LogP contribution in [0.15, 0.2) is 36.4 Å². The summed E-state index contributed by atoms with van der Waals surface area (Å²) in [6, 6.07) is 9.70. The van der Waals surface area contributed by atoms with E-state index >= 15 is 0 Å². The van der Waals surface area contributed by atoms with Gasteiger partial charge in [-0.15, -0.1) is 0 Å². The van der Waals surface area contributed by atoms with Crippen LogP contribution in [-0.4, -0.2) is 18.4 Å². The summed E-state index contributed by atoms with van der Waals surface area (Å²) in [4.78, 5) is 26.5. The predicted octanol–water partition coefficient (Wildman–Crippen LogP) is 4.09. The highest BCUT2D eigenvalue weighted by Crippen LogP contribution is 2.30. The van der Waals surface area contributed by atoms with Crippen molar-refractivity contribution < 1.29 is 14.0 Å². The molecule has 0 saturated carbocycles. The van der Waals surface area contributed by atoms with E-state index in [4.69, 9.17) is 11.6 Å². The number of amides is 2. The molecule has 1 N–H and O–H groups in total. The average molecular weight is 361 g/mol. The Labute approximate surface area is 150 Å². The fourth-order valence-electron chi connectivity index (χ4n) is 2.97. The minimum absolute atomic E-state index is 0.0233. The van der Waals surface area contributed by atoms with Gasteiger partial charge in [0.15, 0.2) is 0 Å². The molecule has 2 aromatic carbocycles. The maximum absolute atomic E-state index is 13.8. The summed E-state index contributed by atoms with van der Waals surface area (Å²) in [7, 11) is 0. The molecule has 1 aliphatic rings. The molecule has 3 rings (SSSR count). The number of nitrogens with one attached hydrogen (secondary N) is 1. The lowest BCUT2D eigenvalue weighted by molar-refractivity contribution is -0.122. The van der Waals surface area contributed by atoms with Crippen LogP contribution in [0.2, 0.25) is 5.02 Å². The molecule has 0 aromatic heterocycles. The first-order chi connectivity index (χ1) is 11.9. The van der Waals surface area contributed by atoms with Crippen molar-refractivity contribution in [3.63, 3.8) is 0 Å². The molecule has 0 spiro atoms. The third kappa shape index (κ3) is 3.51. The van der Waals surface area contributed by atoms with Crippen molar-refractivity contribution in [1.82, 2.24) is 0 Å². The zero-order chi connectivity index (χ0) is 18.1. The average Bonchev–Trinajstić information content (AvgIpc) is 2.95. The molecule has 0 unspecified atom stereocenters. The van der Waals surface area contributed by atoms with E-state index in [1.165, 1.54) is 18.2 Å². The molecule has 0 radical (unpaired) electrons. The monoisotopic (exact) mass is 360 g/mol. The molecular weight excluding hydrogens is 343 g/mol. The Hall–Kier alpha value is -2.40. The second-order valence-electron chi connectivity index (χ2n) is 6.24. The lowest BCUT2D eigenvalue weighted by Gasteiger charge is -2.20. The second kappa shape index (κ2) is 6.84. The van der Waals surface area contributed by atoms with Crippen molar-refractivity contribution in [2.75, 3.05) is 16.8 Å². The van der Waals surface area contributed by atoms with Gasteiger partial charge in [0.2, 0.25) is 11.8 Å². The number of carbonyl (C=O) groups is 2. The van der Waals surface area contributed by atoms with Crippen molar-refractivity contribution >= 4 is 34.8 Å². The van der Waals surface area contributed by atoms with Gasteiger partial charge in [-0.05, 0) is 49.2 Å². The largest absolute Gasteiger partial charge is 0.323 e. The van der Waals surface area contributed by atoms with E-state index < -0.39 is 11.7 Å². The highest BCUT2D eigenvalue weighted by Gasteiger charge is 2.36. The Morgan fingerprint density at radius 1 is 1.28 bits per heavy atom. The molecule has 1 aliphatic heterocycles. The Morgan fingerprint density at radius 3 is 2.80 bits per heavy atom. The van der Waals surface area contributed by atoms with Crippen LogP contribution in [0.5, 0.6) is 0 Å². The van der Waals surface area contributed by atoms with E-state index in [-0.39, 0.29) is 30.5 Å². The van der Waals surface area contributed by atoms with Gasteiger partial charge in [0, 0.05) is 23.7 Å². The number of hydrogen-bond donors (Lipinski definition) is 1. The summed E-state index contributed by atoms with van der Waals surface area (Å²) in [6.45, 7) is 4.20. The lowest BCUT2D eigenvalue weighted by atomic mass is 10.1. The summed E-state index contributed by atoms with van der Waals surface area (Å²) < 4.78 is 13.8. The molecule has 0 bridgehead atoms. The first-order valence-corrected chi connectivity index (χ1v) is 8.37. The molecule has 2 aromatic rings. The van der Waals surface area contributed by atoms with E-state index in [1.807, 2.05) is 32.0 Å². The second-order valence-corrected chi connectivity index (χ2v) is 6.67. The Bertz CT molecular complexity index is 853. The van der Waals surface area contributed by atoms with Gasteiger partial charge in [-0.2, -0.15) is 0 Å². The maximum Gasteiger partial charge on any atom is 0.229 e. The summed E-state index contributed by atoms with van der Waals surface area (Å²) >= 11 is 5.84. The smallest absolute Gasteiger partial charge is 0.229 e. The molecule has 1 heterocycles. The van der Waals surface area contributed by atoms with Crippen LogP contribution in [0, 0.1) is 25.6 Å². The molecule has 1 atom stereocenters. The van der Waals surface area contributed by atoms with Crippen LogP contribution in [0.4, 0.5) is 15.8 Å². The van der Waals surface area contributed by atoms with Gasteiger partial charge in [0.1, 0.15) is 5.82 Å². The number of carbonyl (C=O) groups excluding carboxylic acids is 2. The lowest BCUT2D eigenvalue weighted by Crippen LogP contribution is -2.28. The Balaban J connectivity index is 1.77. The first kappa shape index (κ1) is 17.4. The van der Waals surface area contributed by atoms with Crippen LogP contribution in [0.25, 0.3) is 0 Å². The van der Waals surface area contributed by atoms with Crippen LogP contribution in [0.3, 0.4) is 0 Å². The molecule has 2 amide bonds. The number of rotatable bonds is 3. The third-order valence-corrected chi connectivity index (χ3v) is 4.78. The number of nitrogens with zero attached hydrogens (tertiary/aromatic N) is 1. The van der Waals surface area contributed by atoms with Crippen molar-refractivity contribution in [3.8, 4) is 0 Å². The summed E-state index contributed by atoms with van der Waals surface area (Å²) in [6.07, 6.45) is 0.0986. The van der Waals surface area contributed by atoms with Crippen LogP contribution >= 0.6 is 11.6 Å². The highest BCUT2D eigenvalue weighted by molar-refractivity contribution is 6.30. The summed E-state index contributed by atoms with van der Waals surface area (Å²) in [5, 5.41) is 2.86. The van der Waals surface area contributed by atoms with Gasteiger partial charge in [-0.3, -0.25) is 9.59 Å². The maximum atomic E-state index is 13.8. The molecule has 1 fully saturated rings. The molecular formula is C19H18ClFN2O2. The molecule has 130 valence electrons. The first-order valence-electron chi connectivity index (χ1n) is 7.99. The van der Waals surface area contributed by atoms with Crippen molar-refractivity contribution in [2.45, 2.75) is 20.3 Å². The van der Waals surface area contributed by atoms with Crippen LogP contribution < -0.4 is 10.2 Å². The minimum atomic E-state index is -0.562. The molecule has 25 heavy (non-hydrogen) atoms. The Morgan fingerprint density at radius 2 is 2.04 bits per heavy atom. The van der Waals surface area contributed by atoms with E-state index in [9.17, 15) is 14.0 Å². The van der Waals surface area contributed by atoms with Crippen LogP contribution in [-0.2, 0) is 9.59 Å². The number of aryl methyl sites for hydroxylation is 1. The zero-order valence-corrected chi connectivity index (χ0v) is 14.7. The van der Waals surface area contributed by atoms with Crippen molar-refractivity contribution in [2.24, 2.45) is 5.92 Å². The standard InChI is InChI=1S/C19H18ClFN2O2/c1-11-4-3-5-17(12(11)2)23-10-13(8-18(23)24)19(25)22-16-9-14(20)6-7-15(16)21/h3-7,9,13H,8,10H2,1-2H3,(H,22,25)/t13-/m1/s1. The van der Waals surface area contributed by atoms with E-state index in [0.717, 1.165) is 16.8 Å². The number of benzene rings is 2. The fraction of sp³-hybridized carbons (Fsp3) is 0.263. The molecule has 0 aliphatic carbocycles. The van der Waals surface area contributed by atoms with E-state index in [2.05, 4.69) is 5.32 Å². The molecule has 4 nitrogen and oxygen atoms in total. The molecule has 1 saturated heterocycles. The minimum Gasteiger partial charge on any atom is -0.323 e. The summed E-state index contributed by atoms with van der Waals surface area (Å²) in [5.41, 5.74) is 2.93. The zero-order valence-electron chi connectivity index (χ0n) is 14.0. The van der Waals surface area contributed by atoms with Gasteiger partial charge < -0.3 is 10.2 Å². The quantitative estimate of drug-likeness (QED) is 0.896. The molecule has 6 heteroatoms. The fourth-order valence-corrected chi connectivity index (χ4v) is 3.14. The highest BCUT2D eigenvalue weighted by atomic mass is 35.5. The predicted molar refractivity (Wildman–Crippen MR) is 96.4 cm³/mol. The number of hydrogen-bond acceptors (Lipinski definition) is 2. The SMILES string of the molecule is Cc1cccc(N2C[C@H](C(=O)Nc3cc(Cl)ccc3F)CC2=O)c1C. The normalized spacial score (nSPS) is 17.0. The van der Waals surface area contributed by atoms with Gasteiger partial charge >= 0.3 is 0 Å². The third-order valence-electron chi connectivity index (χ3n) is 4.55. The van der Waals surface area contributed by atoms with Gasteiger partial charge in [-0.1, -0.05) is 23.7 Å². The van der Waals surface area contributed by atoms with E-state index in [1.54, 1.807) is 4.90 Å².